The monoisotopic (exact) mass is 346 g/mol. The fourth-order valence-electron chi connectivity index (χ4n) is 4.63. The Balaban J connectivity index is 1.48. The van der Waals surface area contributed by atoms with E-state index in [-0.39, 0.29) is 5.91 Å². The highest BCUT2D eigenvalue weighted by atomic mass is 79.9. The van der Waals surface area contributed by atoms with Crippen LogP contribution in [0.3, 0.4) is 0 Å². The largest absolute Gasteiger partial charge is 0.271 e. The summed E-state index contributed by atoms with van der Waals surface area (Å²) in [5, 5.41) is 4.53. The van der Waals surface area contributed by atoms with E-state index in [4.69, 9.17) is 0 Å². The SMILES string of the molecule is O=C(NN=C1C2CC3CC(C2)CC1C3)c1ccc(Br)cc1. The van der Waals surface area contributed by atoms with Crippen LogP contribution in [-0.4, -0.2) is 11.6 Å². The summed E-state index contributed by atoms with van der Waals surface area (Å²) >= 11 is 3.38. The third-order valence-corrected chi connectivity index (χ3v) is 5.90. The van der Waals surface area contributed by atoms with Gasteiger partial charge in [-0.05, 0) is 80.0 Å². The molecule has 3 nitrogen and oxygen atoms in total. The van der Waals surface area contributed by atoms with E-state index < -0.39 is 0 Å². The van der Waals surface area contributed by atoms with Gasteiger partial charge in [0.05, 0.1) is 0 Å². The zero-order valence-electron chi connectivity index (χ0n) is 11.9. The van der Waals surface area contributed by atoms with Crippen molar-refractivity contribution in [2.24, 2.45) is 28.8 Å². The molecule has 110 valence electrons. The zero-order chi connectivity index (χ0) is 14.4. The van der Waals surface area contributed by atoms with Gasteiger partial charge in [-0.15, -0.1) is 0 Å². The summed E-state index contributed by atoms with van der Waals surface area (Å²) in [6.45, 7) is 0. The minimum Gasteiger partial charge on any atom is -0.267 e. The highest BCUT2D eigenvalue weighted by molar-refractivity contribution is 9.10. The van der Waals surface area contributed by atoms with Crippen LogP contribution in [0.1, 0.15) is 42.5 Å². The number of nitrogens with one attached hydrogen (secondary N) is 1. The second kappa shape index (κ2) is 5.24. The van der Waals surface area contributed by atoms with Crippen molar-refractivity contribution < 1.29 is 4.79 Å². The molecule has 4 heteroatoms. The maximum atomic E-state index is 12.2. The number of carbonyl (C=O) groups is 1. The number of hydrogen-bond acceptors (Lipinski definition) is 2. The first kappa shape index (κ1) is 13.5. The molecule has 21 heavy (non-hydrogen) atoms. The van der Waals surface area contributed by atoms with Crippen LogP contribution in [-0.2, 0) is 0 Å². The molecule has 0 heterocycles. The second-order valence-electron chi connectivity index (χ2n) is 6.79. The van der Waals surface area contributed by atoms with Crippen molar-refractivity contribution in [3.8, 4) is 0 Å². The number of amides is 1. The molecule has 1 N–H and O–H groups in total. The normalized spacial score (nSPS) is 33.1. The van der Waals surface area contributed by atoms with Crippen molar-refractivity contribution in [2.75, 3.05) is 0 Å². The summed E-state index contributed by atoms with van der Waals surface area (Å²) in [4.78, 5) is 12.2. The van der Waals surface area contributed by atoms with Crippen molar-refractivity contribution in [2.45, 2.75) is 32.1 Å². The summed E-state index contributed by atoms with van der Waals surface area (Å²) in [5.41, 5.74) is 4.71. The van der Waals surface area contributed by atoms with Crippen LogP contribution in [0.25, 0.3) is 0 Å². The van der Waals surface area contributed by atoms with Gasteiger partial charge in [-0.1, -0.05) is 15.9 Å². The van der Waals surface area contributed by atoms with Crippen LogP contribution in [0.5, 0.6) is 0 Å². The number of rotatable bonds is 2. The van der Waals surface area contributed by atoms with Gasteiger partial charge in [0.15, 0.2) is 0 Å². The molecule has 1 aromatic carbocycles. The van der Waals surface area contributed by atoms with Crippen molar-refractivity contribution in [3.63, 3.8) is 0 Å². The van der Waals surface area contributed by atoms with Gasteiger partial charge in [0.1, 0.15) is 0 Å². The highest BCUT2D eigenvalue weighted by Crippen LogP contribution is 2.52. The van der Waals surface area contributed by atoms with Crippen molar-refractivity contribution >= 4 is 27.5 Å². The average molecular weight is 347 g/mol. The van der Waals surface area contributed by atoms with Crippen LogP contribution in [0.2, 0.25) is 0 Å². The molecular weight excluding hydrogens is 328 g/mol. The van der Waals surface area contributed by atoms with Gasteiger partial charge in [0.25, 0.3) is 5.91 Å². The third kappa shape index (κ3) is 2.54. The smallest absolute Gasteiger partial charge is 0.267 e. The van der Waals surface area contributed by atoms with Gasteiger partial charge in [-0.25, -0.2) is 5.43 Å². The van der Waals surface area contributed by atoms with Crippen LogP contribution in [0.15, 0.2) is 33.8 Å². The van der Waals surface area contributed by atoms with Gasteiger partial charge < -0.3 is 0 Å². The second-order valence-corrected chi connectivity index (χ2v) is 7.70. The number of benzene rings is 1. The number of hydrazone groups is 1. The Labute approximate surface area is 133 Å². The highest BCUT2D eigenvalue weighted by Gasteiger charge is 2.46. The molecule has 0 spiro atoms. The standard InChI is InChI=1S/C17H19BrN2O/c18-15-3-1-12(2-4-15)17(21)20-19-16-13-6-10-5-11(8-13)9-14(16)7-10/h1-4,10-11,13-14H,5-9H2,(H,20,21). The molecule has 4 fully saturated rings. The molecule has 4 bridgehead atoms. The van der Waals surface area contributed by atoms with Gasteiger partial charge in [-0.2, -0.15) is 5.10 Å². The summed E-state index contributed by atoms with van der Waals surface area (Å²) in [6.07, 6.45) is 6.60. The summed E-state index contributed by atoms with van der Waals surface area (Å²) in [6, 6.07) is 7.39. The quantitative estimate of drug-likeness (QED) is 0.808. The van der Waals surface area contributed by atoms with E-state index in [1.807, 2.05) is 24.3 Å². The van der Waals surface area contributed by atoms with Gasteiger partial charge in [0, 0.05) is 15.7 Å². The number of nitrogens with zero attached hydrogens (tertiary/aromatic N) is 1. The first-order valence-corrected chi connectivity index (χ1v) is 8.61. The molecule has 5 rings (SSSR count). The molecule has 4 aliphatic carbocycles. The molecule has 1 amide bonds. The summed E-state index contributed by atoms with van der Waals surface area (Å²) in [7, 11) is 0. The minimum absolute atomic E-state index is 0.108. The predicted molar refractivity (Wildman–Crippen MR) is 86.1 cm³/mol. The molecule has 0 saturated heterocycles. The lowest BCUT2D eigenvalue weighted by molar-refractivity contribution is 0.0942. The summed E-state index contributed by atoms with van der Waals surface area (Å²) < 4.78 is 0.978. The van der Waals surface area contributed by atoms with Gasteiger partial charge >= 0.3 is 0 Å². The zero-order valence-corrected chi connectivity index (χ0v) is 13.5. The molecule has 0 radical (unpaired) electrons. The molecule has 0 aliphatic heterocycles. The Kier molecular flexibility index (Phi) is 3.37. The third-order valence-electron chi connectivity index (χ3n) is 5.37. The molecule has 0 aromatic heterocycles. The molecule has 1 aromatic rings. The van der Waals surface area contributed by atoms with E-state index in [9.17, 15) is 4.79 Å². The van der Waals surface area contributed by atoms with E-state index in [2.05, 4.69) is 26.5 Å². The topological polar surface area (TPSA) is 41.5 Å². The lowest BCUT2D eigenvalue weighted by atomic mass is 9.55. The van der Waals surface area contributed by atoms with E-state index in [1.54, 1.807) is 0 Å². The van der Waals surface area contributed by atoms with Crippen molar-refractivity contribution in [1.82, 2.24) is 5.43 Å². The van der Waals surface area contributed by atoms with Gasteiger partial charge in [0.2, 0.25) is 0 Å². The molecular formula is C17H19BrN2O. The van der Waals surface area contributed by atoms with E-state index in [0.29, 0.717) is 17.4 Å². The van der Waals surface area contributed by atoms with E-state index >= 15 is 0 Å². The average Bonchev–Trinajstić information content (AvgIpc) is 2.46. The van der Waals surface area contributed by atoms with Crippen molar-refractivity contribution in [1.29, 1.82) is 0 Å². The fraction of sp³-hybridized carbons (Fsp3) is 0.529. The first-order valence-electron chi connectivity index (χ1n) is 7.82. The van der Waals surface area contributed by atoms with Crippen LogP contribution < -0.4 is 5.43 Å². The maximum Gasteiger partial charge on any atom is 0.271 e. The van der Waals surface area contributed by atoms with E-state index in [0.717, 1.165) is 16.3 Å². The van der Waals surface area contributed by atoms with E-state index in [1.165, 1.54) is 37.8 Å². The number of carbonyl (C=O) groups excluding carboxylic acids is 1. The number of halogens is 1. The minimum atomic E-state index is -0.108. The summed E-state index contributed by atoms with van der Waals surface area (Å²) in [5.74, 6) is 3.00. The molecule has 4 aliphatic rings. The predicted octanol–water partition coefficient (Wildman–Crippen LogP) is 3.99. The maximum absolute atomic E-state index is 12.2. The Morgan fingerprint density at radius 3 is 2.14 bits per heavy atom. The van der Waals surface area contributed by atoms with Crippen LogP contribution in [0, 0.1) is 23.7 Å². The Hall–Kier alpha value is -1.16. The lowest BCUT2D eigenvalue weighted by Crippen LogP contribution is -2.46. The molecule has 0 unspecified atom stereocenters. The van der Waals surface area contributed by atoms with Gasteiger partial charge in [-0.3, -0.25) is 4.79 Å². The van der Waals surface area contributed by atoms with Crippen LogP contribution in [0.4, 0.5) is 0 Å². The Morgan fingerprint density at radius 1 is 1.00 bits per heavy atom. The van der Waals surface area contributed by atoms with Crippen molar-refractivity contribution in [3.05, 3.63) is 34.3 Å². The Bertz CT molecular complexity index is 563. The molecule has 0 atom stereocenters. The van der Waals surface area contributed by atoms with Crippen LogP contribution >= 0.6 is 15.9 Å². The Morgan fingerprint density at radius 2 is 1.57 bits per heavy atom. The number of hydrogen-bond donors (Lipinski definition) is 1. The fourth-order valence-corrected chi connectivity index (χ4v) is 4.90. The first-order chi connectivity index (χ1) is 10.2. The lowest BCUT2D eigenvalue weighted by Gasteiger charge is -2.50. The molecule has 4 saturated carbocycles.